The summed E-state index contributed by atoms with van der Waals surface area (Å²) in [5, 5.41) is 32.3. The number of nitro benzene ring substituents is 2. The molecule has 0 radical (unpaired) electrons. The minimum Gasteiger partial charge on any atom is -0.299 e. The molecule has 5 rings (SSSR count). The zero-order valence-corrected chi connectivity index (χ0v) is 21.4. The lowest BCUT2D eigenvalue weighted by molar-refractivity contribution is -0.384. The van der Waals surface area contributed by atoms with E-state index in [-0.39, 0.29) is 22.7 Å². The molecule has 0 amide bonds. The molecule has 0 saturated heterocycles. The van der Waals surface area contributed by atoms with Gasteiger partial charge >= 0.3 is 0 Å². The summed E-state index contributed by atoms with van der Waals surface area (Å²) in [6, 6.07) is 27.4. The van der Waals surface area contributed by atoms with E-state index in [4.69, 9.17) is 11.6 Å². The summed E-state index contributed by atoms with van der Waals surface area (Å²) < 4.78 is 1.84. The number of nitrogens with zero attached hydrogens (tertiary/aromatic N) is 5. The highest BCUT2D eigenvalue weighted by Gasteiger charge is 2.19. The molecule has 198 valence electrons. The van der Waals surface area contributed by atoms with Crippen molar-refractivity contribution >= 4 is 57.7 Å². The van der Waals surface area contributed by atoms with Gasteiger partial charge in [0.25, 0.3) is 11.4 Å². The number of hydrazone groups is 2. The van der Waals surface area contributed by atoms with Gasteiger partial charge in [-0.3, -0.25) is 35.6 Å². The number of nitrogens with one attached hydrogen (secondary N) is 2. The Morgan fingerprint density at radius 3 is 1.85 bits per heavy atom. The lowest BCUT2D eigenvalue weighted by Crippen LogP contribution is -1.99. The van der Waals surface area contributed by atoms with Gasteiger partial charge in [-0.2, -0.15) is 10.2 Å². The number of rotatable bonds is 9. The van der Waals surface area contributed by atoms with E-state index in [9.17, 15) is 20.2 Å². The summed E-state index contributed by atoms with van der Waals surface area (Å²) >= 11 is 6.91. The van der Waals surface area contributed by atoms with E-state index in [1.54, 1.807) is 42.6 Å². The third-order valence-electron chi connectivity index (χ3n) is 5.98. The van der Waals surface area contributed by atoms with Crippen LogP contribution < -0.4 is 10.9 Å². The van der Waals surface area contributed by atoms with Gasteiger partial charge in [0.1, 0.15) is 16.5 Å². The lowest BCUT2D eigenvalue weighted by atomic mass is 10.1. The first-order valence-electron chi connectivity index (χ1n) is 11.9. The molecule has 1 aromatic heterocycles. The monoisotopic (exact) mass is 553 g/mol. The maximum atomic E-state index is 11.3. The maximum Gasteiger partial charge on any atom is 0.294 e. The van der Waals surface area contributed by atoms with E-state index in [0.717, 1.165) is 16.6 Å². The number of fused-ring (bicyclic) bond motifs is 1. The molecule has 12 heteroatoms. The van der Waals surface area contributed by atoms with Crippen molar-refractivity contribution in [2.75, 3.05) is 10.9 Å². The first-order valence-corrected chi connectivity index (χ1v) is 12.3. The van der Waals surface area contributed by atoms with E-state index in [1.165, 1.54) is 18.3 Å². The van der Waals surface area contributed by atoms with Crippen molar-refractivity contribution in [3.05, 3.63) is 134 Å². The third kappa shape index (κ3) is 5.22. The first kappa shape index (κ1) is 26.1. The fourth-order valence-electron chi connectivity index (χ4n) is 4.20. The molecular weight excluding hydrogens is 534 g/mol. The summed E-state index contributed by atoms with van der Waals surface area (Å²) in [4.78, 5) is 21.7. The first-order chi connectivity index (χ1) is 19.5. The summed E-state index contributed by atoms with van der Waals surface area (Å²) in [6.07, 6.45) is 3.06. The Kier molecular flexibility index (Phi) is 7.47. The van der Waals surface area contributed by atoms with Crippen LogP contribution in [0.4, 0.5) is 22.7 Å². The number of anilines is 2. The number of hydrogen-bond acceptors (Lipinski definition) is 8. The van der Waals surface area contributed by atoms with Crippen LogP contribution in [0.15, 0.2) is 107 Å². The average molecular weight is 554 g/mol. The Morgan fingerprint density at radius 2 is 1.25 bits per heavy atom. The molecular formula is C28H20ClN7O4. The Labute approximate surface area is 232 Å². The number of benzene rings is 4. The van der Waals surface area contributed by atoms with Gasteiger partial charge in [0.15, 0.2) is 0 Å². The van der Waals surface area contributed by atoms with Crippen LogP contribution in [0.1, 0.15) is 11.1 Å². The smallest absolute Gasteiger partial charge is 0.294 e. The fourth-order valence-corrected chi connectivity index (χ4v) is 4.53. The number of halogens is 1. The highest BCUT2D eigenvalue weighted by atomic mass is 35.5. The van der Waals surface area contributed by atoms with Crippen LogP contribution in [0.2, 0.25) is 5.15 Å². The summed E-state index contributed by atoms with van der Waals surface area (Å²) in [6.45, 7) is 0. The standard InChI is InChI=1S/C28H20ClN7O4/c29-28-22(18-31-33-24-14-5-7-16-26(24)36(39)40)21-12-8-9-19(27(21)34(28)20-10-2-1-3-11-20)17-30-32-23-13-4-6-15-25(23)35(37)38/h1-18,32-33H/b30-17+,31-18+. The maximum absolute atomic E-state index is 11.3. The molecule has 0 aliphatic heterocycles. The molecule has 40 heavy (non-hydrogen) atoms. The van der Waals surface area contributed by atoms with Gasteiger partial charge in [-0.25, -0.2) is 0 Å². The average Bonchev–Trinajstić information content (AvgIpc) is 3.25. The lowest BCUT2D eigenvalue weighted by Gasteiger charge is -2.09. The van der Waals surface area contributed by atoms with Crippen molar-refractivity contribution < 1.29 is 9.85 Å². The molecule has 11 nitrogen and oxygen atoms in total. The highest BCUT2D eigenvalue weighted by molar-refractivity contribution is 6.35. The normalized spacial score (nSPS) is 11.3. The van der Waals surface area contributed by atoms with Gasteiger partial charge < -0.3 is 0 Å². The molecule has 2 N–H and O–H groups in total. The van der Waals surface area contributed by atoms with E-state index in [1.807, 2.05) is 53.1 Å². The third-order valence-corrected chi connectivity index (χ3v) is 6.36. The molecule has 0 saturated carbocycles. The van der Waals surface area contributed by atoms with Gasteiger partial charge in [-0.15, -0.1) is 0 Å². The van der Waals surface area contributed by atoms with Gasteiger partial charge in [0.2, 0.25) is 0 Å². The van der Waals surface area contributed by atoms with Crippen molar-refractivity contribution in [1.82, 2.24) is 4.57 Å². The predicted molar refractivity (Wildman–Crippen MR) is 157 cm³/mol. The zero-order valence-electron chi connectivity index (χ0n) is 20.6. The van der Waals surface area contributed by atoms with Crippen molar-refractivity contribution in [3.63, 3.8) is 0 Å². The van der Waals surface area contributed by atoms with Crippen LogP contribution in [-0.4, -0.2) is 26.8 Å². The second-order valence-corrected chi connectivity index (χ2v) is 8.77. The largest absolute Gasteiger partial charge is 0.299 e. The van der Waals surface area contributed by atoms with Gasteiger partial charge in [0.05, 0.1) is 27.8 Å². The van der Waals surface area contributed by atoms with E-state index < -0.39 is 9.85 Å². The molecule has 1 heterocycles. The molecule has 0 aliphatic carbocycles. The second kappa shape index (κ2) is 11.5. The van der Waals surface area contributed by atoms with Gasteiger partial charge in [-0.1, -0.05) is 72.3 Å². The van der Waals surface area contributed by atoms with Gasteiger partial charge in [-0.05, 0) is 24.3 Å². The van der Waals surface area contributed by atoms with Crippen LogP contribution in [0.3, 0.4) is 0 Å². The topological polar surface area (TPSA) is 140 Å². The number of para-hydroxylation sites is 6. The molecule has 0 aliphatic rings. The number of hydrogen-bond donors (Lipinski definition) is 2. The molecule has 0 fully saturated rings. The van der Waals surface area contributed by atoms with Crippen LogP contribution in [-0.2, 0) is 0 Å². The second-order valence-electron chi connectivity index (χ2n) is 8.41. The quantitative estimate of drug-likeness (QED) is 0.114. The molecule has 4 aromatic carbocycles. The molecule has 0 atom stereocenters. The van der Waals surface area contributed by atoms with E-state index >= 15 is 0 Å². The predicted octanol–water partition coefficient (Wildman–Crippen LogP) is 6.99. The van der Waals surface area contributed by atoms with Crippen LogP contribution >= 0.6 is 11.6 Å². The minimum atomic E-state index is -0.490. The van der Waals surface area contributed by atoms with Crippen molar-refractivity contribution in [1.29, 1.82) is 0 Å². The number of nitro groups is 2. The fraction of sp³-hybridized carbons (Fsp3) is 0. The zero-order chi connectivity index (χ0) is 28.1. The van der Waals surface area contributed by atoms with Crippen molar-refractivity contribution in [2.24, 2.45) is 10.2 Å². The van der Waals surface area contributed by atoms with Crippen LogP contribution in [0, 0.1) is 20.2 Å². The van der Waals surface area contributed by atoms with Gasteiger partial charge in [0, 0.05) is 34.3 Å². The molecule has 5 aromatic rings. The highest BCUT2D eigenvalue weighted by Crippen LogP contribution is 2.34. The van der Waals surface area contributed by atoms with Crippen molar-refractivity contribution in [2.45, 2.75) is 0 Å². The van der Waals surface area contributed by atoms with Crippen LogP contribution in [0.25, 0.3) is 16.6 Å². The van der Waals surface area contributed by atoms with Crippen LogP contribution in [0.5, 0.6) is 0 Å². The molecule has 0 bridgehead atoms. The Bertz CT molecular complexity index is 1780. The Morgan fingerprint density at radius 1 is 0.700 bits per heavy atom. The Balaban J connectivity index is 1.57. The SMILES string of the molecule is O=[N+]([O-])c1ccccc1N/N=C/c1c(Cl)n(-c2ccccc2)c2c(/C=N/Nc3ccccc3[N+](=O)[O-])cccc12. The summed E-state index contributed by atoms with van der Waals surface area (Å²) in [7, 11) is 0. The summed E-state index contributed by atoms with van der Waals surface area (Å²) in [5.74, 6) is 0. The molecule has 0 spiro atoms. The molecule has 0 unspecified atom stereocenters. The minimum absolute atomic E-state index is 0.0989. The Hall–Kier alpha value is -5.55. The van der Waals surface area contributed by atoms with E-state index in [0.29, 0.717) is 16.3 Å². The van der Waals surface area contributed by atoms with E-state index in [2.05, 4.69) is 21.1 Å². The number of aromatic nitrogens is 1. The van der Waals surface area contributed by atoms with Crippen molar-refractivity contribution in [3.8, 4) is 5.69 Å². The summed E-state index contributed by atoms with van der Waals surface area (Å²) in [5.41, 5.74) is 8.53.